The highest BCUT2D eigenvalue weighted by molar-refractivity contribution is 9.10. The quantitative estimate of drug-likeness (QED) is 0.161. The summed E-state index contributed by atoms with van der Waals surface area (Å²) in [6.45, 7) is 7.86. The topological polar surface area (TPSA) is 78.9 Å². The Labute approximate surface area is 277 Å². The maximum absolute atomic E-state index is 13.1. The molecular formula is C36H40Br2O6. The van der Waals surface area contributed by atoms with Gasteiger partial charge in [0.1, 0.15) is 12.2 Å². The molecule has 234 valence electrons. The van der Waals surface area contributed by atoms with E-state index in [1.165, 1.54) is 0 Å². The average molecular weight is 729 g/mol. The van der Waals surface area contributed by atoms with Crippen LogP contribution in [0.2, 0.25) is 0 Å². The van der Waals surface area contributed by atoms with Gasteiger partial charge in [0.25, 0.3) is 0 Å². The number of halogens is 2. The zero-order valence-corrected chi connectivity index (χ0v) is 28.8. The third-order valence-electron chi connectivity index (χ3n) is 7.27. The van der Waals surface area contributed by atoms with Crippen LogP contribution in [0.4, 0.5) is 0 Å². The summed E-state index contributed by atoms with van der Waals surface area (Å²) in [5.41, 5.74) is 2.30. The van der Waals surface area contributed by atoms with Gasteiger partial charge in [0, 0.05) is 26.9 Å². The molecule has 4 atom stereocenters. The number of esters is 3. The average Bonchev–Trinajstić information content (AvgIpc) is 2.99. The van der Waals surface area contributed by atoms with Crippen LogP contribution in [0, 0.1) is 11.8 Å². The van der Waals surface area contributed by atoms with E-state index in [2.05, 4.69) is 37.9 Å². The van der Waals surface area contributed by atoms with E-state index in [0.717, 1.165) is 27.4 Å². The highest BCUT2D eigenvalue weighted by atomic mass is 79.9. The van der Waals surface area contributed by atoms with E-state index in [1.807, 2.05) is 57.2 Å². The van der Waals surface area contributed by atoms with Crippen LogP contribution in [0.5, 0.6) is 0 Å². The predicted octanol–water partition coefficient (Wildman–Crippen LogP) is 9.36. The molecule has 6 nitrogen and oxygen atoms in total. The van der Waals surface area contributed by atoms with Crippen molar-refractivity contribution in [2.45, 2.75) is 65.6 Å². The van der Waals surface area contributed by atoms with Gasteiger partial charge in [-0.1, -0.05) is 75.6 Å². The van der Waals surface area contributed by atoms with Crippen LogP contribution >= 0.6 is 31.9 Å². The number of allylic oxidation sites excluding steroid dienone is 4. The smallest absolute Gasteiger partial charge is 0.338 e. The molecule has 2 aromatic rings. The van der Waals surface area contributed by atoms with E-state index in [4.69, 9.17) is 14.2 Å². The number of cyclic esters (lactones) is 1. The molecule has 0 saturated carbocycles. The Morgan fingerprint density at radius 1 is 0.909 bits per heavy atom. The number of benzene rings is 2. The molecule has 8 heteroatoms. The second-order valence-electron chi connectivity index (χ2n) is 11.0. The number of hydrogen-bond acceptors (Lipinski definition) is 6. The zero-order chi connectivity index (χ0) is 32.1. The number of carbonyl (C=O) groups excluding carboxylic acids is 3. The minimum atomic E-state index is -0.471. The second kappa shape index (κ2) is 17.9. The van der Waals surface area contributed by atoms with Crippen molar-refractivity contribution in [3.05, 3.63) is 116 Å². The van der Waals surface area contributed by atoms with E-state index >= 15 is 0 Å². The Morgan fingerprint density at radius 2 is 1.50 bits per heavy atom. The molecule has 0 N–H and O–H groups in total. The second-order valence-corrected chi connectivity index (χ2v) is 12.9. The van der Waals surface area contributed by atoms with E-state index in [-0.39, 0.29) is 30.5 Å². The molecule has 0 radical (unpaired) electrons. The van der Waals surface area contributed by atoms with Gasteiger partial charge in [0.2, 0.25) is 0 Å². The summed E-state index contributed by atoms with van der Waals surface area (Å²) in [5.74, 6) is -1.34. The van der Waals surface area contributed by atoms with Gasteiger partial charge in [-0.2, -0.15) is 0 Å². The van der Waals surface area contributed by atoms with Gasteiger partial charge in [0.15, 0.2) is 0 Å². The molecule has 3 rings (SSSR count). The molecule has 44 heavy (non-hydrogen) atoms. The Morgan fingerprint density at radius 3 is 2.14 bits per heavy atom. The molecule has 0 aromatic heterocycles. The standard InChI is InChI=1S/C36H40Br2O6/c1-24-22-26(3)33(44-36(41)29-14-18-31(38)19-15-29)11-9-7-5-6-8-10-32(43-34(39)27(4)23-24)25(2)20-21-42-35(40)28-12-16-30(37)17-13-28/h6,8-9,11-19,22-23,25-26,32-33H,5,7,10,20-21H2,1-4H3/b8-6+,11-9+,24-22+,27-23+/t25-,26+,32-,33+/m0/s1. The van der Waals surface area contributed by atoms with Gasteiger partial charge in [-0.3, -0.25) is 0 Å². The van der Waals surface area contributed by atoms with Crippen molar-refractivity contribution in [3.63, 3.8) is 0 Å². The van der Waals surface area contributed by atoms with E-state index < -0.39 is 18.0 Å². The van der Waals surface area contributed by atoms with Crippen molar-refractivity contribution in [1.82, 2.24) is 0 Å². The van der Waals surface area contributed by atoms with Crippen molar-refractivity contribution in [2.24, 2.45) is 11.8 Å². The highest BCUT2D eigenvalue weighted by Gasteiger charge is 2.23. The largest absolute Gasteiger partial charge is 0.462 e. The molecule has 2 aromatic carbocycles. The molecule has 0 amide bonds. The summed E-state index contributed by atoms with van der Waals surface area (Å²) >= 11 is 6.76. The highest BCUT2D eigenvalue weighted by Crippen LogP contribution is 2.22. The third-order valence-corrected chi connectivity index (χ3v) is 8.33. The lowest BCUT2D eigenvalue weighted by molar-refractivity contribution is -0.146. The molecule has 1 aliphatic rings. The maximum atomic E-state index is 13.1. The van der Waals surface area contributed by atoms with Gasteiger partial charge in [-0.15, -0.1) is 0 Å². The Balaban J connectivity index is 1.68. The maximum Gasteiger partial charge on any atom is 0.338 e. The normalized spacial score (nSPS) is 24.4. The summed E-state index contributed by atoms with van der Waals surface area (Å²) in [5, 5.41) is 0. The number of rotatable bonds is 7. The van der Waals surface area contributed by atoms with Crippen LogP contribution in [0.15, 0.2) is 105 Å². The molecule has 0 fully saturated rings. The first-order chi connectivity index (χ1) is 21.0. The number of carbonyl (C=O) groups is 3. The molecule has 0 unspecified atom stereocenters. The SMILES string of the molecule is CC1=C\[C@@H](C)[C@H](OC(=O)c2ccc(Br)cc2)/C=C/CC/C=C/C[C@@H]([C@@H](C)CCOC(=O)c2ccc(Br)cc2)OC(=O)\C(C)=C\1. The lowest BCUT2D eigenvalue weighted by atomic mass is 9.97. The lowest BCUT2D eigenvalue weighted by Gasteiger charge is -2.23. The Kier molecular flexibility index (Phi) is 14.4. The molecule has 1 heterocycles. The van der Waals surface area contributed by atoms with Gasteiger partial charge in [-0.25, -0.2) is 14.4 Å². The van der Waals surface area contributed by atoms with Crippen molar-refractivity contribution in [1.29, 1.82) is 0 Å². The van der Waals surface area contributed by atoms with Crippen molar-refractivity contribution in [2.75, 3.05) is 6.61 Å². The van der Waals surface area contributed by atoms with Crippen molar-refractivity contribution < 1.29 is 28.6 Å². The third kappa shape index (κ3) is 11.7. The minimum absolute atomic E-state index is 0.0364. The Bertz CT molecular complexity index is 1390. The predicted molar refractivity (Wildman–Crippen MR) is 180 cm³/mol. The van der Waals surface area contributed by atoms with Crippen LogP contribution in [0.1, 0.15) is 74.1 Å². The van der Waals surface area contributed by atoms with E-state index in [0.29, 0.717) is 29.5 Å². The summed E-state index contributed by atoms with van der Waals surface area (Å²) in [6, 6.07) is 14.1. The van der Waals surface area contributed by atoms with Crippen LogP contribution in [0.3, 0.4) is 0 Å². The van der Waals surface area contributed by atoms with E-state index in [1.54, 1.807) is 49.4 Å². The fourth-order valence-electron chi connectivity index (χ4n) is 4.65. The van der Waals surface area contributed by atoms with Gasteiger partial charge < -0.3 is 14.2 Å². The number of hydrogen-bond donors (Lipinski definition) is 0. The van der Waals surface area contributed by atoms with Gasteiger partial charge in [0.05, 0.1) is 17.7 Å². The molecule has 0 aliphatic carbocycles. The van der Waals surface area contributed by atoms with Crippen LogP contribution in [-0.4, -0.2) is 36.7 Å². The van der Waals surface area contributed by atoms with E-state index in [9.17, 15) is 14.4 Å². The summed E-state index contributed by atoms with van der Waals surface area (Å²) in [4.78, 5) is 38.4. The lowest BCUT2D eigenvalue weighted by Crippen LogP contribution is -2.26. The first kappa shape index (κ1) is 35.3. The van der Waals surface area contributed by atoms with Crippen molar-refractivity contribution >= 4 is 49.8 Å². The molecule has 0 saturated heterocycles. The summed E-state index contributed by atoms with van der Waals surface area (Å²) < 4.78 is 19.1. The summed E-state index contributed by atoms with van der Waals surface area (Å²) in [6.07, 6.45) is 13.7. The molecular weight excluding hydrogens is 688 g/mol. The van der Waals surface area contributed by atoms with Crippen LogP contribution in [-0.2, 0) is 19.0 Å². The fraction of sp³-hybridized carbons (Fsp3) is 0.361. The first-order valence-electron chi connectivity index (χ1n) is 14.8. The van der Waals surface area contributed by atoms with Crippen LogP contribution < -0.4 is 0 Å². The van der Waals surface area contributed by atoms with Gasteiger partial charge >= 0.3 is 17.9 Å². The monoisotopic (exact) mass is 726 g/mol. The molecule has 0 spiro atoms. The minimum Gasteiger partial charge on any atom is -0.462 e. The first-order valence-corrected chi connectivity index (χ1v) is 16.4. The zero-order valence-electron chi connectivity index (χ0n) is 25.6. The van der Waals surface area contributed by atoms with Crippen LogP contribution in [0.25, 0.3) is 0 Å². The summed E-state index contributed by atoms with van der Waals surface area (Å²) in [7, 11) is 0. The van der Waals surface area contributed by atoms with Gasteiger partial charge in [-0.05, 0) is 99.7 Å². The Hall–Kier alpha value is -3.23. The fourth-order valence-corrected chi connectivity index (χ4v) is 5.18. The van der Waals surface area contributed by atoms with Crippen molar-refractivity contribution in [3.8, 4) is 0 Å². The molecule has 1 aliphatic heterocycles. The number of ether oxygens (including phenoxy) is 3. The molecule has 0 bridgehead atoms.